The van der Waals surface area contributed by atoms with Gasteiger partial charge in [0.05, 0.1) is 0 Å². The molecule has 0 spiro atoms. The molecule has 0 saturated heterocycles. The van der Waals surface area contributed by atoms with E-state index in [1.807, 2.05) is 0 Å². The van der Waals surface area contributed by atoms with E-state index >= 15 is 0 Å². The maximum Gasteiger partial charge on any atom is 0.303 e. The largest absolute Gasteiger partial charge is 0.481 e. The summed E-state index contributed by atoms with van der Waals surface area (Å²) in [6, 6.07) is 0. The third kappa shape index (κ3) is 4.02. The smallest absolute Gasteiger partial charge is 0.303 e. The molecule has 0 rings (SSSR count). The summed E-state index contributed by atoms with van der Waals surface area (Å²) in [7, 11) is 0. The van der Waals surface area contributed by atoms with Crippen LogP contribution in [-0.2, 0) is 4.79 Å². The summed E-state index contributed by atoms with van der Waals surface area (Å²) in [6.07, 6.45) is 2.84. The third-order valence-corrected chi connectivity index (χ3v) is 2.37. The molecule has 65 valence electrons. The third-order valence-electron chi connectivity index (χ3n) is 2.37. The molecule has 11 heavy (non-hydrogen) atoms. The van der Waals surface area contributed by atoms with Gasteiger partial charge in [-0.15, -0.1) is 0 Å². The van der Waals surface area contributed by atoms with Gasteiger partial charge in [0, 0.05) is 6.42 Å². The van der Waals surface area contributed by atoms with Crippen molar-refractivity contribution in [2.75, 3.05) is 0 Å². The van der Waals surface area contributed by atoms with E-state index in [4.69, 9.17) is 5.11 Å². The molecule has 0 fully saturated rings. The Morgan fingerprint density at radius 1 is 1.45 bits per heavy atom. The summed E-state index contributed by atoms with van der Waals surface area (Å²) in [5, 5.41) is 8.44. The summed E-state index contributed by atoms with van der Waals surface area (Å²) < 4.78 is 0. The SMILES string of the molecule is [CH2]C(CC)(CC)CCC(=O)O. The van der Waals surface area contributed by atoms with Crippen LogP contribution < -0.4 is 0 Å². The zero-order valence-electron chi connectivity index (χ0n) is 7.39. The Hall–Kier alpha value is -0.530. The van der Waals surface area contributed by atoms with E-state index in [0.717, 1.165) is 12.8 Å². The molecule has 0 atom stereocenters. The van der Waals surface area contributed by atoms with E-state index in [0.29, 0.717) is 6.42 Å². The van der Waals surface area contributed by atoms with Gasteiger partial charge >= 0.3 is 5.97 Å². The predicted molar refractivity (Wildman–Crippen MR) is 45.2 cm³/mol. The van der Waals surface area contributed by atoms with E-state index in [9.17, 15) is 4.79 Å². The van der Waals surface area contributed by atoms with Gasteiger partial charge in [0.25, 0.3) is 0 Å². The molecule has 2 nitrogen and oxygen atoms in total. The molecule has 0 heterocycles. The van der Waals surface area contributed by atoms with Crippen LogP contribution in [0.25, 0.3) is 0 Å². The second kappa shape index (κ2) is 4.37. The van der Waals surface area contributed by atoms with E-state index < -0.39 is 5.97 Å². The Kier molecular flexibility index (Phi) is 4.16. The zero-order valence-corrected chi connectivity index (χ0v) is 7.39. The fourth-order valence-electron chi connectivity index (χ4n) is 0.976. The van der Waals surface area contributed by atoms with Crippen molar-refractivity contribution in [2.24, 2.45) is 5.41 Å². The molecule has 0 amide bonds. The first-order chi connectivity index (χ1) is 5.04. The normalized spacial score (nSPS) is 11.5. The molecule has 0 saturated carbocycles. The lowest BCUT2D eigenvalue weighted by Gasteiger charge is -2.25. The highest BCUT2D eigenvalue weighted by atomic mass is 16.4. The highest BCUT2D eigenvalue weighted by molar-refractivity contribution is 5.66. The van der Waals surface area contributed by atoms with Gasteiger partial charge in [-0.2, -0.15) is 0 Å². The number of hydrogen-bond donors (Lipinski definition) is 1. The monoisotopic (exact) mass is 157 g/mol. The summed E-state index contributed by atoms with van der Waals surface area (Å²) in [4.78, 5) is 10.3. The van der Waals surface area contributed by atoms with Crippen LogP contribution in [-0.4, -0.2) is 11.1 Å². The van der Waals surface area contributed by atoms with E-state index in [2.05, 4.69) is 20.8 Å². The molecule has 1 N–H and O–H groups in total. The van der Waals surface area contributed by atoms with Crippen LogP contribution in [0.3, 0.4) is 0 Å². The van der Waals surface area contributed by atoms with Crippen molar-refractivity contribution < 1.29 is 9.90 Å². The van der Waals surface area contributed by atoms with Crippen molar-refractivity contribution in [1.29, 1.82) is 0 Å². The summed E-state index contributed by atoms with van der Waals surface area (Å²) in [6.45, 7) is 8.12. The van der Waals surface area contributed by atoms with E-state index in [-0.39, 0.29) is 11.8 Å². The van der Waals surface area contributed by atoms with Crippen molar-refractivity contribution in [3.63, 3.8) is 0 Å². The maximum atomic E-state index is 10.3. The fraction of sp³-hybridized carbons (Fsp3) is 0.778. The van der Waals surface area contributed by atoms with Crippen LogP contribution in [0.2, 0.25) is 0 Å². The Bertz CT molecular complexity index is 126. The molecule has 0 aromatic heterocycles. The zero-order chi connectivity index (χ0) is 8.91. The lowest BCUT2D eigenvalue weighted by molar-refractivity contribution is -0.137. The molecule has 0 bridgehead atoms. The van der Waals surface area contributed by atoms with Crippen LogP contribution in [0.4, 0.5) is 0 Å². The lowest BCUT2D eigenvalue weighted by Crippen LogP contribution is -2.15. The van der Waals surface area contributed by atoms with Gasteiger partial charge in [-0.1, -0.05) is 26.7 Å². The number of carbonyl (C=O) groups is 1. The van der Waals surface area contributed by atoms with Crippen LogP contribution in [0.15, 0.2) is 0 Å². The Labute approximate surface area is 68.6 Å². The standard InChI is InChI=1S/C9H17O2/c1-4-9(3,5-2)7-6-8(10)11/h3-7H2,1-2H3,(H,10,11). The number of carboxylic acids is 1. The minimum atomic E-state index is -0.722. The molecule has 2 heteroatoms. The first-order valence-electron chi connectivity index (χ1n) is 4.11. The molecule has 0 aromatic rings. The van der Waals surface area contributed by atoms with Gasteiger partial charge in [0.1, 0.15) is 0 Å². The Morgan fingerprint density at radius 2 is 1.91 bits per heavy atom. The molecule has 1 radical (unpaired) electrons. The topological polar surface area (TPSA) is 37.3 Å². The fourth-order valence-corrected chi connectivity index (χ4v) is 0.976. The summed E-state index contributed by atoms with van der Waals surface area (Å²) >= 11 is 0. The Balaban J connectivity index is 3.78. The number of hydrogen-bond acceptors (Lipinski definition) is 1. The van der Waals surface area contributed by atoms with Gasteiger partial charge < -0.3 is 5.11 Å². The van der Waals surface area contributed by atoms with Gasteiger partial charge in [0.2, 0.25) is 0 Å². The Morgan fingerprint density at radius 3 is 2.18 bits per heavy atom. The minimum Gasteiger partial charge on any atom is -0.481 e. The van der Waals surface area contributed by atoms with Gasteiger partial charge in [0.15, 0.2) is 0 Å². The van der Waals surface area contributed by atoms with Crippen LogP contribution >= 0.6 is 0 Å². The van der Waals surface area contributed by atoms with Crippen LogP contribution in [0, 0.1) is 12.3 Å². The van der Waals surface area contributed by atoms with Crippen molar-refractivity contribution in [2.45, 2.75) is 39.5 Å². The average molecular weight is 157 g/mol. The predicted octanol–water partition coefficient (Wildman–Crippen LogP) is 2.49. The number of aliphatic carboxylic acids is 1. The van der Waals surface area contributed by atoms with Crippen LogP contribution in [0.1, 0.15) is 39.5 Å². The first kappa shape index (κ1) is 10.5. The van der Waals surface area contributed by atoms with Crippen molar-refractivity contribution >= 4 is 5.97 Å². The molecule has 0 aromatic carbocycles. The second-order valence-corrected chi connectivity index (χ2v) is 3.10. The number of carboxylic acid groups (broad SMARTS) is 1. The quantitative estimate of drug-likeness (QED) is 0.665. The second-order valence-electron chi connectivity index (χ2n) is 3.10. The molecular formula is C9H17O2. The highest BCUT2D eigenvalue weighted by Crippen LogP contribution is 2.30. The minimum absolute atomic E-state index is 0.0155. The van der Waals surface area contributed by atoms with Gasteiger partial charge in [-0.05, 0) is 18.8 Å². The molecule has 0 unspecified atom stereocenters. The van der Waals surface area contributed by atoms with E-state index in [1.165, 1.54) is 0 Å². The van der Waals surface area contributed by atoms with Crippen molar-refractivity contribution in [3.05, 3.63) is 6.92 Å². The lowest BCUT2D eigenvalue weighted by atomic mass is 9.80. The molecular weight excluding hydrogens is 140 g/mol. The van der Waals surface area contributed by atoms with E-state index in [1.54, 1.807) is 0 Å². The van der Waals surface area contributed by atoms with Crippen molar-refractivity contribution in [1.82, 2.24) is 0 Å². The maximum absolute atomic E-state index is 10.3. The molecule has 0 aliphatic heterocycles. The molecule has 0 aliphatic carbocycles. The average Bonchev–Trinajstić information content (AvgIpc) is 2.00. The van der Waals surface area contributed by atoms with Crippen molar-refractivity contribution in [3.8, 4) is 0 Å². The van der Waals surface area contributed by atoms with Crippen LogP contribution in [0.5, 0.6) is 0 Å². The first-order valence-corrected chi connectivity index (χ1v) is 4.11. The number of rotatable bonds is 5. The van der Waals surface area contributed by atoms with Gasteiger partial charge in [-0.3, -0.25) is 4.79 Å². The highest BCUT2D eigenvalue weighted by Gasteiger charge is 2.20. The summed E-state index contributed by atoms with van der Waals surface area (Å²) in [5.74, 6) is -0.722. The summed E-state index contributed by atoms with van der Waals surface area (Å²) in [5.41, 5.74) is -0.0155. The van der Waals surface area contributed by atoms with Gasteiger partial charge in [-0.25, -0.2) is 0 Å². The molecule has 0 aliphatic rings.